The van der Waals surface area contributed by atoms with Crippen LogP contribution in [0.25, 0.3) is 0 Å². The summed E-state index contributed by atoms with van der Waals surface area (Å²) in [7, 11) is 0. The lowest BCUT2D eigenvalue weighted by molar-refractivity contribution is 0.0757. The number of benzene rings is 1. The van der Waals surface area contributed by atoms with E-state index in [1.54, 1.807) is 0 Å². The van der Waals surface area contributed by atoms with E-state index in [4.69, 9.17) is 5.73 Å². The molecule has 1 aliphatic rings. The first-order valence-electron chi connectivity index (χ1n) is 7.50. The van der Waals surface area contributed by atoms with E-state index in [1.165, 1.54) is 12.1 Å². The van der Waals surface area contributed by atoms with Crippen LogP contribution in [0.3, 0.4) is 0 Å². The summed E-state index contributed by atoms with van der Waals surface area (Å²) >= 11 is 0. The highest BCUT2D eigenvalue weighted by Crippen LogP contribution is 2.43. The fourth-order valence-electron chi connectivity index (χ4n) is 3.71. The molecule has 0 spiro atoms. The molecule has 2 N–H and O–H groups in total. The Morgan fingerprint density at radius 3 is 2.35 bits per heavy atom. The van der Waals surface area contributed by atoms with Gasteiger partial charge in [-0.3, -0.25) is 4.90 Å². The predicted octanol–water partition coefficient (Wildman–Crippen LogP) is 3.62. The first-order chi connectivity index (χ1) is 9.55. The lowest BCUT2D eigenvalue weighted by Gasteiger charge is -2.45. The maximum atomic E-state index is 14.0. The number of hydrogen-bond donors (Lipinski definition) is 1. The summed E-state index contributed by atoms with van der Waals surface area (Å²) in [6.45, 7) is 5.94. The summed E-state index contributed by atoms with van der Waals surface area (Å²) in [4.78, 5) is 2.31. The van der Waals surface area contributed by atoms with Crippen LogP contribution in [0.2, 0.25) is 0 Å². The predicted molar refractivity (Wildman–Crippen MR) is 77.4 cm³/mol. The normalized spacial score (nSPS) is 19.5. The molecule has 1 aromatic rings. The van der Waals surface area contributed by atoms with Crippen molar-refractivity contribution in [3.63, 3.8) is 0 Å². The van der Waals surface area contributed by atoms with Gasteiger partial charge in [-0.2, -0.15) is 0 Å². The molecule has 112 valence electrons. The van der Waals surface area contributed by atoms with E-state index >= 15 is 0 Å². The smallest absolute Gasteiger partial charge is 0.128 e. The summed E-state index contributed by atoms with van der Waals surface area (Å²) in [5, 5.41) is 0. The highest BCUT2D eigenvalue weighted by atomic mass is 19.1. The minimum Gasteiger partial charge on any atom is -0.322 e. The highest BCUT2D eigenvalue weighted by Gasteiger charge is 2.44. The standard InChI is InChI=1S/C16H24F2N2/c1-3-20(4-2)16(9-5-6-10-16)15(19)13-11-12(17)7-8-14(13)18/h7-8,11,15H,3-6,9-10,19H2,1-2H3. The molecule has 2 rings (SSSR count). The summed E-state index contributed by atoms with van der Waals surface area (Å²) < 4.78 is 27.5. The van der Waals surface area contributed by atoms with Gasteiger partial charge in [0.15, 0.2) is 0 Å². The molecular formula is C16H24F2N2. The first-order valence-corrected chi connectivity index (χ1v) is 7.50. The van der Waals surface area contributed by atoms with Gasteiger partial charge in [0, 0.05) is 11.1 Å². The Balaban J connectivity index is 2.41. The molecule has 1 saturated carbocycles. The van der Waals surface area contributed by atoms with Crippen molar-refractivity contribution in [2.24, 2.45) is 5.73 Å². The van der Waals surface area contributed by atoms with Gasteiger partial charge in [0.2, 0.25) is 0 Å². The Bertz CT molecular complexity index is 452. The van der Waals surface area contributed by atoms with Gasteiger partial charge in [0.05, 0.1) is 6.04 Å². The van der Waals surface area contributed by atoms with Crippen LogP contribution in [0, 0.1) is 11.6 Å². The maximum Gasteiger partial charge on any atom is 0.128 e. The molecule has 0 bridgehead atoms. The van der Waals surface area contributed by atoms with E-state index in [9.17, 15) is 8.78 Å². The molecule has 1 aromatic carbocycles. The third-order valence-electron chi connectivity index (χ3n) is 4.73. The third kappa shape index (κ3) is 2.59. The molecule has 0 heterocycles. The Labute approximate surface area is 120 Å². The van der Waals surface area contributed by atoms with Crippen LogP contribution < -0.4 is 5.73 Å². The van der Waals surface area contributed by atoms with Gasteiger partial charge in [-0.1, -0.05) is 26.7 Å². The molecule has 20 heavy (non-hydrogen) atoms. The fraction of sp³-hybridized carbons (Fsp3) is 0.625. The molecular weight excluding hydrogens is 258 g/mol. The maximum absolute atomic E-state index is 14.0. The van der Waals surface area contributed by atoms with E-state index < -0.39 is 17.7 Å². The minimum absolute atomic E-state index is 0.238. The minimum atomic E-state index is -0.486. The zero-order valence-electron chi connectivity index (χ0n) is 12.3. The van der Waals surface area contributed by atoms with E-state index in [0.717, 1.165) is 44.8 Å². The van der Waals surface area contributed by atoms with Gasteiger partial charge >= 0.3 is 0 Å². The molecule has 0 radical (unpaired) electrons. The lowest BCUT2D eigenvalue weighted by Crippen LogP contribution is -2.53. The van der Waals surface area contributed by atoms with Gasteiger partial charge < -0.3 is 5.73 Å². The van der Waals surface area contributed by atoms with Crippen molar-refractivity contribution < 1.29 is 8.78 Å². The van der Waals surface area contributed by atoms with Crippen LogP contribution in [0.1, 0.15) is 51.1 Å². The molecule has 1 atom stereocenters. The van der Waals surface area contributed by atoms with E-state index in [2.05, 4.69) is 18.7 Å². The van der Waals surface area contributed by atoms with Crippen LogP contribution in [-0.4, -0.2) is 23.5 Å². The van der Waals surface area contributed by atoms with Crippen molar-refractivity contribution in [2.75, 3.05) is 13.1 Å². The number of likely N-dealkylation sites (N-methyl/N-ethyl adjacent to an activating group) is 1. The summed E-state index contributed by atoms with van der Waals surface area (Å²) in [5.74, 6) is -0.832. The SMILES string of the molecule is CCN(CC)C1(C(N)c2cc(F)ccc2F)CCCC1. The molecule has 1 fully saturated rings. The second kappa shape index (κ2) is 6.19. The molecule has 0 aromatic heterocycles. The lowest BCUT2D eigenvalue weighted by atomic mass is 9.82. The first kappa shape index (κ1) is 15.4. The van der Waals surface area contributed by atoms with Gasteiger partial charge in [-0.05, 0) is 44.1 Å². The zero-order chi connectivity index (χ0) is 14.8. The van der Waals surface area contributed by atoms with Gasteiger partial charge in [0.25, 0.3) is 0 Å². The van der Waals surface area contributed by atoms with Crippen LogP contribution in [0.4, 0.5) is 8.78 Å². The second-order valence-corrected chi connectivity index (χ2v) is 5.63. The fourth-order valence-corrected chi connectivity index (χ4v) is 3.71. The molecule has 1 aliphatic carbocycles. The zero-order valence-corrected chi connectivity index (χ0v) is 12.3. The van der Waals surface area contributed by atoms with Crippen LogP contribution in [0.15, 0.2) is 18.2 Å². The average molecular weight is 282 g/mol. The average Bonchev–Trinajstić information content (AvgIpc) is 2.93. The van der Waals surface area contributed by atoms with E-state index in [1.807, 2.05) is 0 Å². The Morgan fingerprint density at radius 1 is 1.20 bits per heavy atom. The number of nitrogens with two attached hydrogens (primary N) is 1. The van der Waals surface area contributed by atoms with Crippen LogP contribution in [-0.2, 0) is 0 Å². The highest BCUT2D eigenvalue weighted by molar-refractivity contribution is 5.26. The van der Waals surface area contributed by atoms with Crippen molar-refractivity contribution in [1.29, 1.82) is 0 Å². The van der Waals surface area contributed by atoms with Crippen LogP contribution >= 0.6 is 0 Å². The summed E-state index contributed by atoms with van der Waals surface area (Å²) in [6.07, 6.45) is 4.10. The van der Waals surface area contributed by atoms with Gasteiger partial charge in [0.1, 0.15) is 11.6 Å². The molecule has 1 unspecified atom stereocenters. The van der Waals surface area contributed by atoms with Gasteiger partial charge in [-0.25, -0.2) is 8.78 Å². The topological polar surface area (TPSA) is 29.3 Å². The number of rotatable bonds is 5. The van der Waals surface area contributed by atoms with E-state index in [0.29, 0.717) is 5.56 Å². The monoisotopic (exact) mass is 282 g/mol. The largest absolute Gasteiger partial charge is 0.322 e. The Hall–Kier alpha value is -1.00. The molecule has 2 nitrogen and oxygen atoms in total. The molecule has 0 amide bonds. The quantitative estimate of drug-likeness (QED) is 0.893. The Morgan fingerprint density at radius 2 is 1.80 bits per heavy atom. The van der Waals surface area contributed by atoms with Crippen molar-refractivity contribution in [3.05, 3.63) is 35.4 Å². The summed E-state index contributed by atoms with van der Waals surface area (Å²) in [5.41, 5.74) is 6.48. The number of halogens is 2. The number of nitrogens with zero attached hydrogens (tertiary/aromatic N) is 1. The summed E-state index contributed by atoms with van der Waals surface area (Å²) in [6, 6.07) is 3.09. The number of hydrogen-bond acceptors (Lipinski definition) is 2. The van der Waals surface area contributed by atoms with Gasteiger partial charge in [-0.15, -0.1) is 0 Å². The van der Waals surface area contributed by atoms with Crippen molar-refractivity contribution in [3.8, 4) is 0 Å². The Kier molecular flexibility index (Phi) is 4.76. The molecule has 4 heteroatoms. The van der Waals surface area contributed by atoms with Crippen molar-refractivity contribution in [2.45, 2.75) is 51.1 Å². The third-order valence-corrected chi connectivity index (χ3v) is 4.73. The van der Waals surface area contributed by atoms with Crippen molar-refractivity contribution in [1.82, 2.24) is 4.90 Å². The van der Waals surface area contributed by atoms with Crippen molar-refractivity contribution >= 4 is 0 Å². The van der Waals surface area contributed by atoms with Crippen LogP contribution in [0.5, 0.6) is 0 Å². The second-order valence-electron chi connectivity index (χ2n) is 5.63. The molecule has 0 saturated heterocycles. The molecule has 0 aliphatic heterocycles. The van der Waals surface area contributed by atoms with E-state index in [-0.39, 0.29) is 5.54 Å².